The molecule has 0 aliphatic carbocycles. The maximum Gasteiger partial charge on any atom is 0.268 e. The van der Waals surface area contributed by atoms with Crippen molar-refractivity contribution in [1.82, 2.24) is 4.37 Å². The van der Waals surface area contributed by atoms with Crippen LogP contribution in [0.1, 0.15) is 22.3 Å². The summed E-state index contributed by atoms with van der Waals surface area (Å²) in [6.07, 6.45) is 0.908. The van der Waals surface area contributed by atoms with Crippen LogP contribution in [0.2, 0.25) is 0 Å². The Morgan fingerprint density at radius 2 is 2.60 bits per heavy atom. The quantitative estimate of drug-likeness (QED) is 0.688. The zero-order valence-electron chi connectivity index (χ0n) is 5.63. The Bertz CT molecular complexity index is 244. The topological polar surface area (TPSA) is 56.0 Å². The van der Waals surface area contributed by atoms with Gasteiger partial charge in [0.2, 0.25) is 0 Å². The molecule has 0 saturated heterocycles. The summed E-state index contributed by atoms with van der Waals surface area (Å²) in [5.41, 5.74) is 5.36. The van der Waals surface area contributed by atoms with Crippen LogP contribution in [0, 0.1) is 0 Å². The monoisotopic (exact) mass is 156 g/mol. The minimum Gasteiger partial charge on any atom is -0.364 e. The number of hydrogen-bond donors (Lipinski definition) is 1. The highest BCUT2D eigenvalue weighted by Gasteiger charge is 2.04. The fourth-order valence-electron chi connectivity index (χ4n) is 0.596. The highest BCUT2D eigenvalue weighted by Crippen LogP contribution is 2.09. The van der Waals surface area contributed by atoms with E-state index >= 15 is 0 Å². The first-order chi connectivity index (χ1) is 4.74. The van der Waals surface area contributed by atoms with Crippen molar-refractivity contribution in [2.75, 3.05) is 0 Å². The summed E-state index contributed by atoms with van der Waals surface area (Å²) in [7, 11) is 0. The first-order valence-corrected chi connectivity index (χ1v) is 3.76. The van der Waals surface area contributed by atoms with Crippen LogP contribution in [-0.4, -0.2) is 10.3 Å². The zero-order chi connectivity index (χ0) is 7.56. The van der Waals surface area contributed by atoms with E-state index in [4.69, 9.17) is 5.73 Å². The molecule has 54 valence electrons. The molecule has 0 fully saturated rings. The van der Waals surface area contributed by atoms with E-state index in [9.17, 15) is 4.79 Å². The molecule has 0 saturated carbocycles. The van der Waals surface area contributed by atoms with Crippen molar-refractivity contribution in [3.8, 4) is 0 Å². The number of aryl methyl sites for hydroxylation is 1. The molecule has 1 amide bonds. The summed E-state index contributed by atoms with van der Waals surface area (Å²) < 4.78 is 3.85. The number of rotatable bonds is 2. The van der Waals surface area contributed by atoms with Gasteiger partial charge in [-0.25, -0.2) is 0 Å². The molecule has 0 spiro atoms. The molecule has 3 nitrogen and oxygen atoms in total. The molecule has 0 atom stereocenters. The summed E-state index contributed by atoms with van der Waals surface area (Å²) in [5.74, 6) is -0.448. The Morgan fingerprint density at radius 1 is 1.90 bits per heavy atom. The highest BCUT2D eigenvalue weighted by molar-refractivity contribution is 7.05. The van der Waals surface area contributed by atoms with E-state index in [-0.39, 0.29) is 0 Å². The lowest BCUT2D eigenvalue weighted by molar-refractivity contribution is 0.0996. The lowest BCUT2D eigenvalue weighted by Crippen LogP contribution is -2.10. The summed E-state index contributed by atoms with van der Waals surface area (Å²) in [5, 5.41) is 0. The lowest BCUT2D eigenvalue weighted by Gasteiger charge is -1.81. The van der Waals surface area contributed by atoms with E-state index in [1.54, 1.807) is 6.07 Å². The number of hydrogen-bond acceptors (Lipinski definition) is 3. The molecule has 4 heteroatoms. The van der Waals surface area contributed by atoms with Gasteiger partial charge in [0.05, 0.1) is 0 Å². The Kier molecular flexibility index (Phi) is 2.01. The second-order valence-corrected chi connectivity index (χ2v) is 2.79. The van der Waals surface area contributed by atoms with E-state index < -0.39 is 5.91 Å². The van der Waals surface area contributed by atoms with Gasteiger partial charge in [0.25, 0.3) is 5.91 Å². The molecule has 1 aromatic heterocycles. The smallest absolute Gasteiger partial charge is 0.268 e. The van der Waals surface area contributed by atoms with E-state index in [2.05, 4.69) is 4.37 Å². The second-order valence-electron chi connectivity index (χ2n) is 1.90. The van der Waals surface area contributed by atoms with Crippen molar-refractivity contribution < 1.29 is 4.79 Å². The molecule has 2 N–H and O–H groups in total. The van der Waals surface area contributed by atoms with Crippen LogP contribution in [0.25, 0.3) is 0 Å². The Hall–Kier alpha value is -0.900. The summed E-state index contributed by atoms with van der Waals surface area (Å²) >= 11 is 1.33. The summed E-state index contributed by atoms with van der Waals surface area (Å²) in [4.78, 5) is 11.6. The van der Waals surface area contributed by atoms with Crippen molar-refractivity contribution in [3.63, 3.8) is 0 Å². The molecular formula is C6H8N2OS. The van der Waals surface area contributed by atoms with Gasteiger partial charge in [-0.3, -0.25) is 4.79 Å². The number of nitrogens with zero attached hydrogens (tertiary/aromatic N) is 1. The van der Waals surface area contributed by atoms with Crippen LogP contribution in [0.5, 0.6) is 0 Å². The lowest BCUT2D eigenvalue weighted by atomic mass is 10.3. The predicted molar refractivity (Wildman–Crippen MR) is 40.0 cm³/mol. The van der Waals surface area contributed by atoms with Gasteiger partial charge < -0.3 is 5.73 Å². The number of carbonyl (C=O) groups is 1. The van der Waals surface area contributed by atoms with Crippen LogP contribution >= 0.6 is 11.5 Å². The number of aromatic nitrogens is 1. The first kappa shape index (κ1) is 7.21. The third-order valence-corrected chi connectivity index (χ3v) is 2.09. The molecule has 1 heterocycles. The van der Waals surface area contributed by atoms with Gasteiger partial charge >= 0.3 is 0 Å². The predicted octanol–water partition coefficient (Wildman–Crippen LogP) is 0.804. The molecule has 1 aromatic rings. The Labute approximate surface area is 63.0 Å². The van der Waals surface area contributed by atoms with E-state index in [0.29, 0.717) is 5.69 Å². The normalized spacial score (nSPS) is 9.70. The van der Waals surface area contributed by atoms with Gasteiger partial charge in [-0.15, -0.1) is 0 Å². The van der Waals surface area contributed by atoms with Crippen LogP contribution in [0.15, 0.2) is 6.07 Å². The number of amides is 1. The van der Waals surface area contributed by atoms with Gasteiger partial charge in [-0.2, -0.15) is 4.37 Å². The number of carbonyl (C=O) groups excluding carboxylic acids is 1. The van der Waals surface area contributed by atoms with Gasteiger partial charge in [-0.1, -0.05) is 6.92 Å². The largest absolute Gasteiger partial charge is 0.364 e. The van der Waals surface area contributed by atoms with E-state index in [0.717, 1.165) is 11.3 Å². The molecule has 0 unspecified atom stereocenters. The minimum absolute atomic E-state index is 0.377. The van der Waals surface area contributed by atoms with Gasteiger partial charge in [-0.05, 0) is 24.0 Å². The van der Waals surface area contributed by atoms with Crippen LogP contribution in [0.4, 0.5) is 0 Å². The van der Waals surface area contributed by atoms with Crippen LogP contribution in [-0.2, 0) is 6.42 Å². The van der Waals surface area contributed by atoms with Gasteiger partial charge in [0, 0.05) is 4.88 Å². The molecule has 0 aliphatic rings. The fourth-order valence-corrected chi connectivity index (χ4v) is 1.25. The average Bonchev–Trinajstić information content (AvgIpc) is 2.34. The van der Waals surface area contributed by atoms with Gasteiger partial charge in [0.1, 0.15) is 5.69 Å². The second kappa shape index (κ2) is 2.79. The van der Waals surface area contributed by atoms with E-state index in [1.807, 2.05) is 6.92 Å². The molecule has 0 bridgehead atoms. The SMILES string of the molecule is CCc1cc(C(N)=O)ns1. The number of primary amides is 1. The van der Waals surface area contributed by atoms with Crippen molar-refractivity contribution in [2.24, 2.45) is 5.73 Å². The highest BCUT2D eigenvalue weighted by atomic mass is 32.1. The van der Waals surface area contributed by atoms with Gasteiger partial charge in [0.15, 0.2) is 0 Å². The Balaban J connectivity index is 2.88. The van der Waals surface area contributed by atoms with Crippen molar-refractivity contribution in [3.05, 3.63) is 16.6 Å². The molecule has 0 aromatic carbocycles. The summed E-state index contributed by atoms with van der Waals surface area (Å²) in [6.45, 7) is 2.01. The van der Waals surface area contributed by atoms with E-state index in [1.165, 1.54) is 11.5 Å². The Morgan fingerprint density at radius 3 is 2.90 bits per heavy atom. The molecule has 10 heavy (non-hydrogen) atoms. The van der Waals surface area contributed by atoms with Crippen molar-refractivity contribution in [2.45, 2.75) is 13.3 Å². The molecule has 0 radical (unpaired) electrons. The van der Waals surface area contributed by atoms with Crippen LogP contribution < -0.4 is 5.73 Å². The zero-order valence-corrected chi connectivity index (χ0v) is 6.44. The minimum atomic E-state index is -0.448. The third kappa shape index (κ3) is 1.33. The fraction of sp³-hybridized carbons (Fsp3) is 0.333. The number of nitrogens with two attached hydrogens (primary N) is 1. The molecule has 1 rings (SSSR count). The maximum absolute atomic E-state index is 10.5. The molecule has 0 aliphatic heterocycles. The third-order valence-electron chi connectivity index (χ3n) is 1.16. The maximum atomic E-state index is 10.5. The average molecular weight is 156 g/mol. The van der Waals surface area contributed by atoms with Crippen LogP contribution in [0.3, 0.4) is 0 Å². The summed E-state index contributed by atoms with van der Waals surface area (Å²) in [6, 6.07) is 1.73. The molecular weight excluding hydrogens is 148 g/mol. The van der Waals surface area contributed by atoms with Crippen molar-refractivity contribution >= 4 is 17.4 Å². The first-order valence-electron chi connectivity index (χ1n) is 2.99. The van der Waals surface area contributed by atoms with Crippen molar-refractivity contribution in [1.29, 1.82) is 0 Å². The standard InChI is InChI=1S/C6H8N2OS/c1-2-4-3-5(6(7)9)8-10-4/h3H,2H2,1H3,(H2,7,9).